The molecule has 378 valence electrons. The first kappa shape index (κ1) is 58.1. The molecule has 1 unspecified atom stereocenters. The van der Waals surface area contributed by atoms with Crippen molar-refractivity contribution in [1.82, 2.24) is 0 Å². The second kappa shape index (κ2) is 39.6. The van der Waals surface area contributed by atoms with Gasteiger partial charge in [0.25, 0.3) is 0 Å². The fourth-order valence-corrected chi connectivity index (χ4v) is 7.18. The third kappa shape index (κ3) is 26.9. The first-order valence-electron chi connectivity index (χ1n) is 23.2. The average Bonchev–Trinajstić information content (AvgIpc) is 3.56. The minimum atomic E-state index is -0.782. The summed E-state index contributed by atoms with van der Waals surface area (Å²) in [6.45, 7) is 13.2. The van der Waals surface area contributed by atoms with Gasteiger partial charge in [0, 0.05) is 61.8 Å². The van der Waals surface area contributed by atoms with Gasteiger partial charge in [0.1, 0.15) is 6.54 Å². The van der Waals surface area contributed by atoms with Crippen LogP contribution in [0.5, 0.6) is 0 Å². The Labute approximate surface area is 400 Å². The van der Waals surface area contributed by atoms with Gasteiger partial charge in [-0.25, -0.2) is 5.26 Å². The van der Waals surface area contributed by atoms with Crippen LogP contribution in [0, 0.1) is 0 Å². The van der Waals surface area contributed by atoms with Crippen LogP contribution < -0.4 is 0 Å². The van der Waals surface area contributed by atoms with Crippen molar-refractivity contribution in [3.63, 3.8) is 0 Å². The van der Waals surface area contributed by atoms with Gasteiger partial charge in [-0.05, 0) is 50.5 Å². The first-order chi connectivity index (χ1) is 33.0. The van der Waals surface area contributed by atoms with Gasteiger partial charge in [-0.3, -0.25) is 9.79 Å². The number of carbonyl (C=O) groups is 1. The number of methoxy groups -OCH3 is 1. The molecule has 2 aromatic carbocycles. The highest BCUT2D eigenvalue weighted by Crippen LogP contribution is 2.44. The molecule has 0 radical (unpaired) electrons. The van der Waals surface area contributed by atoms with Crippen molar-refractivity contribution < 1.29 is 81.2 Å². The number of carboxylic acids is 1. The number of aliphatic carboxylic acids is 1. The molecule has 18 nitrogen and oxygen atoms in total. The van der Waals surface area contributed by atoms with E-state index in [2.05, 4.69) is 39.7 Å². The molecule has 0 saturated carbocycles. The number of para-hydroxylation sites is 1. The molecule has 0 bridgehead atoms. The number of rotatable bonds is 46. The lowest BCUT2D eigenvalue weighted by Crippen LogP contribution is -2.33. The Bertz CT molecular complexity index is 1640. The van der Waals surface area contributed by atoms with Crippen LogP contribution in [0.4, 0.5) is 11.4 Å². The Morgan fingerprint density at radius 2 is 1.15 bits per heavy atom. The Balaban J connectivity index is 1.25. The van der Waals surface area contributed by atoms with Gasteiger partial charge < -0.3 is 57.2 Å². The Morgan fingerprint density at radius 3 is 1.63 bits per heavy atom. The predicted octanol–water partition coefficient (Wildman–Crippen LogP) is 6.67. The fraction of sp³-hybridized carbons (Fsp3) is 0.646. The van der Waals surface area contributed by atoms with Crippen molar-refractivity contribution in [2.24, 2.45) is 4.99 Å². The predicted molar refractivity (Wildman–Crippen MR) is 253 cm³/mol. The summed E-state index contributed by atoms with van der Waals surface area (Å²) in [6.07, 6.45) is 9.88. The van der Waals surface area contributed by atoms with Crippen molar-refractivity contribution in [2.75, 3.05) is 152 Å². The number of aliphatic imine (C=N–C) groups is 1. The molecule has 2 aromatic rings. The number of hydrogen-bond acceptors (Lipinski definition) is 17. The molecule has 0 saturated heterocycles. The lowest BCUT2D eigenvalue weighted by Gasteiger charge is -2.23. The van der Waals surface area contributed by atoms with E-state index in [9.17, 15) is 4.79 Å². The zero-order chi connectivity index (χ0) is 47.7. The van der Waals surface area contributed by atoms with Crippen molar-refractivity contribution in [1.29, 1.82) is 0 Å². The normalized spacial score (nSPS) is 14.9. The molecule has 0 aliphatic carbocycles. The highest BCUT2D eigenvalue weighted by molar-refractivity contribution is 7.94. The summed E-state index contributed by atoms with van der Waals surface area (Å²) < 4.78 is 67.8. The van der Waals surface area contributed by atoms with Crippen molar-refractivity contribution >= 4 is 41.3 Å². The molecule has 1 heterocycles. The molecule has 1 aliphatic rings. The Hall–Kier alpha value is -3.22. The summed E-state index contributed by atoms with van der Waals surface area (Å²) in [6, 6.07) is 15.8. The molecule has 67 heavy (non-hydrogen) atoms. The minimum Gasteiger partial charge on any atom is -0.481 e. The van der Waals surface area contributed by atoms with Gasteiger partial charge in [-0.1, -0.05) is 29.3 Å². The van der Waals surface area contributed by atoms with Gasteiger partial charge >= 0.3 is 5.97 Å². The number of carboxylic acid groups (broad SMARTS) is 1. The number of unbranched alkanes of at least 4 members (excludes halogenated alkanes) is 2. The third-order valence-corrected chi connectivity index (χ3v) is 10.8. The summed E-state index contributed by atoms with van der Waals surface area (Å²) in [4.78, 5) is 16.5. The lowest BCUT2D eigenvalue weighted by atomic mass is 9.76. The van der Waals surface area contributed by atoms with E-state index >= 15 is 0 Å². The molecule has 2 N–H and O–H groups in total. The van der Waals surface area contributed by atoms with Crippen LogP contribution in [0.2, 0.25) is 0 Å². The summed E-state index contributed by atoms with van der Waals surface area (Å²) >= 11 is 0.920. The quantitative estimate of drug-likeness (QED) is 0.0178. The summed E-state index contributed by atoms with van der Waals surface area (Å²) in [5.74, 6) is -0.782. The average molecular weight is 968 g/mol. The molecular formula is C48H75N2O16S+. The SMILES string of the molecule is COCCOCCOCCOCCOCCOCCOCCOCCOCCOCCOCCC1(C)C(C=CCC=Nc2ccccc2)=[N+](CCCCCC(=O)O)c2ccc(SOOO)cc21. The summed E-state index contributed by atoms with van der Waals surface area (Å²) in [5, 5.41) is 21.8. The smallest absolute Gasteiger partial charge is 0.303 e. The summed E-state index contributed by atoms with van der Waals surface area (Å²) in [7, 11) is 1.64. The lowest BCUT2D eigenvalue weighted by molar-refractivity contribution is -0.438. The van der Waals surface area contributed by atoms with Crippen molar-refractivity contribution in [3.8, 4) is 0 Å². The largest absolute Gasteiger partial charge is 0.481 e. The topological polar surface area (TPSA) is 193 Å². The van der Waals surface area contributed by atoms with E-state index in [4.69, 9.17) is 66.8 Å². The maximum absolute atomic E-state index is 11.1. The van der Waals surface area contributed by atoms with Crippen LogP contribution in [-0.2, 0) is 71.7 Å². The van der Waals surface area contributed by atoms with Crippen LogP contribution in [0.3, 0.4) is 0 Å². The maximum atomic E-state index is 11.1. The van der Waals surface area contributed by atoms with Crippen molar-refractivity contribution in [2.45, 2.75) is 55.8 Å². The van der Waals surface area contributed by atoms with Crippen LogP contribution in [0.15, 0.2) is 70.6 Å². The third-order valence-electron chi connectivity index (χ3n) is 10.2. The Kier molecular flexibility index (Phi) is 34.3. The molecule has 3 rings (SSSR count). The molecule has 1 atom stereocenters. The highest BCUT2D eigenvalue weighted by atomic mass is 32.2. The van der Waals surface area contributed by atoms with Gasteiger partial charge in [0.15, 0.2) is 5.71 Å². The molecule has 0 fully saturated rings. The van der Waals surface area contributed by atoms with E-state index in [0.717, 1.165) is 59.0 Å². The van der Waals surface area contributed by atoms with Gasteiger partial charge in [-0.2, -0.15) is 4.58 Å². The van der Waals surface area contributed by atoms with E-state index in [1.807, 2.05) is 48.7 Å². The number of nitrogens with zero attached hydrogens (tertiary/aromatic N) is 2. The van der Waals surface area contributed by atoms with E-state index in [1.165, 1.54) is 0 Å². The molecular weight excluding hydrogens is 893 g/mol. The second-order valence-electron chi connectivity index (χ2n) is 15.1. The van der Waals surface area contributed by atoms with E-state index in [1.54, 1.807) is 7.11 Å². The monoisotopic (exact) mass is 967 g/mol. The zero-order valence-electron chi connectivity index (χ0n) is 39.6. The summed E-state index contributed by atoms with van der Waals surface area (Å²) in [5.41, 5.74) is 3.71. The van der Waals surface area contributed by atoms with Crippen LogP contribution in [0.1, 0.15) is 51.0 Å². The van der Waals surface area contributed by atoms with E-state index in [-0.39, 0.29) is 6.42 Å². The van der Waals surface area contributed by atoms with E-state index < -0.39 is 11.4 Å². The minimum absolute atomic E-state index is 0.153. The zero-order valence-corrected chi connectivity index (χ0v) is 40.4. The van der Waals surface area contributed by atoms with Gasteiger partial charge in [-0.15, -0.1) is 4.33 Å². The van der Waals surface area contributed by atoms with Crippen LogP contribution in [0.25, 0.3) is 0 Å². The highest BCUT2D eigenvalue weighted by Gasteiger charge is 2.47. The molecule has 0 spiro atoms. The van der Waals surface area contributed by atoms with Gasteiger partial charge in [0.05, 0.1) is 155 Å². The molecule has 19 heteroatoms. The number of fused-ring (bicyclic) bond motifs is 1. The van der Waals surface area contributed by atoms with Crippen LogP contribution in [-0.4, -0.2) is 185 Å². The molecule has 0 aromatic heterocycles. The maximum Gasteiger partial charge on any atom is 0.303 e. The fourth-order valence-electron chi connectivity index (χ4n) is 6.78. The number of ether oxygens (including phenoxy) is 11. The number of allylic oxidation sites excluding steroid dienone is 2. The number of hydrogen-bond donors (Lipinski definition) is 2. The van der Waals surface area contributed by atoms with Crippen LogP contribution >= 0.6 is 12.0 Å². The standard InChI is InChI=1S/C48H74N2O16S/c1-48(17-20-55-23-24-57-27-28-59-31-32-61-35-36-63-39-40-64-38-37-62-34-33-60-30-29-58-26-25-56-22-21-54-2)44-41-43(67-66-65-53)15-16-45(44)50(19-10-4-7-14-47(51)52)46(48)13-8-9-18-49-42-11-5-3-6-12-42/h3,5-6,8,11-13,15-16,18,41H,4,7,9-10,14,17,19-40H2,1-2H3,(H-,51,52,53)/p+1. The van der Waals surface area contributed by atoms with Gasteiger partial charge in [0.2, 0.25) is 5.69 Å². The van der Waals surface area contributed by atoms with E-state index in [0.29, 0.717) is 158 Å². The Morgan fingerprint density at radius 1 is 0.657 bits per heavy atom. The first-order valence-corrected chi connectivity index (χ1v) is 23.9. The second-order valence-corrected chi connectivity index (χ2v) is 15.9. The molecule has 1 aliphatic heterocycles. The molecule has 0 amide bonds. The van der Waals surface area contributed by atoms with Crippen molar-refractivity contribution in [3.05, 3.63) is 66.2 Å². The number of benzene rings is 2.